The second kappa shape index (κ2) is 7.03. The van der Waals surface area contributed by atoms with E-state index in [0.717, 1.165) is 31.5 Å². The predicted molar refractivity (Wildman–Crippen MR) is 67.0 cm³/mol. The Bertz CT molecular complexity index is 390. The van der Waals surface area contributed by atoms with Crippen molar-refractivity contribution in [1.82, 2.24) is 4.90 Å². The third kappa shape index (κ3) is 4.54. The van der Waals surface area contributed by atoms with Crippen LogP contribution in [0.15, 0.2) is 18.2 Å². The van der Waals surface area contributed by atoms with Crippen LogP contribution in [-0.2, 0) is 6.54 Å². The molecular weight excluding hydrogens is 215 g/mol. The lowest BCUT2D eigenvalue weighted by Gasteiger charge is -2.21. The van der Waals surface area contributed by atoms with Crippen LogP contribution in [-0.4, -0.2) is 18.0 Å². The Morgan fingerprint density at radius 1 is 1.18 bits per heavy atom. The molecule has 0 bridgehead atoms. The number of nitriles is 1. The Balaban J connectivity index is 2.78. The van der Waals surface area contributed by atoms with E-state index in [0.29, 0.717) is 12.1 Å². The highest BCUT2D eigenvalue weighted by molar-refractivity contribution is 5.33. The van der Waals surface area contributed by atoms with Gasteiger partial charge in [0.15, 0.2) is 0 Å². The number of nitrogens with zero attached hydrogens (tertiary/aromatic N) is 2. The van der Waals surface area contributed by atoms with Gasteiger partial charge in [-0.25, -0.2) is 4.39 Å². The first-order valence-corrected chi connectivity index (χ1v) is 6.11. The summed E-state index contributed by atoms with van der Waals surface area (Å²) in [7, 11) is 0. The van der Waals surface area contributed by atoms with Crippen LogP contribution in [0.5, 0.6) is 0 Å². The van der Waals surface area contributed by atoms with E-state index < -0.39 is 0 Å². The van der Waals surface area contributed by atoms with Crippen LogP contribution in [0.3, 0.4) is 0 Å². The van der Waals surface area contributed by atoms with Crippen LogP contribution in [0.4, 0.5) is 4.39 Å². The molecule has 0 radical (unpaired) electrons. The molecule has 92 valence electrons. The Morgan fingerprint density at radius 3 is 2.35 bits per heavy atom. The first-order valence-electron chi connectivity index (χ1n) is 6.11. The Hall–Kier alpha value is -1.40. The molecule has 0 saturated carbocycles. The molecule has 0 heterocycles. The van der Waals surface area contributed by atoms with Crippen molar-refractivity contribution in [3.8, 4) is 6.07 Å². The maximum atomic E-state index is 13.3. The summed E-state index contributed by atoms with van der Waals surface area (Å²) in [6.07, 6.45) is 2.17. The molecule has 1 rings (SSSR count). The molecule has 0 N–H and O–H groups in total. The highest BCUT2D eigenvalue weighted by Gasteiger charge is 2.06. The summed E-state index contributed by atoms with van der Waals surface area (Å²) in [6.45, 7) is 7.00. The van der Waals surface area contributed by atoms with Crippen LogP contribution in [0, 0.1) is 17.1 Å². The molecule has 1 aromatic rings. The van der Waals surface area contributed by atoms with Crippen LogP contribution < -0.4 is 0 Å². The quantitative estimate of drug-likeness (QED) is 0.755. The second-order valence-corrected chi connectivity index (χ2v) is 4.24. The standard InChI is InChI=1S/C14H19FN2/c1-3-5-17(6-4-2)11-13-7-12(10-16)8-14(15)9-13/h7-9H,3-6,11H2,1-2H3. The first kappa shape index (κ1) is 13.7. The van der Waals surface area contributed by atoms with Gasteiger partial charge in [0.05, 0.1) is 11.6 Å². The van der Waals surface area contributed by atoms with E-state index in [1.54, 1.807) is 6.07 Å². The normalized spacial score (nSPS) is 10.5. The van der Waals surface area contributed by atoms with Crippen molar-refractivity contribution in [3.63, 3.8) is 0 Å². The monoisotopic (exact) mass is 234 g/mol. The highest BCUT2D eigenvalue weighted by Crippen LogP contribution is 2.11. The van der Waals surface area contributed by atoms with E-state index >= 15 is 0 Å². The molecule has 0 aliphatic heterocycles. The number of benzene rings is 1. The molecule has 2 nitrogen and oxygen atoms in total. The van der Waals surface area contributed by atoms with Gasteiger partial charge in [-0.05, 0) is 49.7 Å². The molecule has 0 aromatic heterocycles. The molecule has 0 saturated heterocycles. The van der Waals surface area contributed by atoms with Gasteiger partial charge in [0.2, 0.25) is 0 Å². The zero-order chi connectivity index (χ0) is 12.7. The lowest BCUT2D eigenvalue weighted by atomic mass is 10.1. The predicted octanol–water partition coefficient (Wildman–Crippen LogP) is 3.32. The van der Waals surface area contributed by atoms with E-state index in [2.05, 4.69) is 18.7 Å². The largest absolute Gasteiger partial charge is 0.299 e. The van der Waals surface area contributed by atoms with Crippen molar-refractivity contribution in [1.29, 1.82) is 5.26 Å². The average molecular weight is 234 g/mol. The average Bonchev–Trinajstić information content (AvgIpc) is 2.29. The van der Waals surface area contributed by atoms with Gasteiger partial charge in [-0.15, -0.1) is 0 Å². The summed E-state index contributed by atoms with van der Waals surface area (Å²) in [5.41, 5.74) is 1.27. The van der Waals surface area contributed by atoms with Gasteiger partial charge in [0.25, 0.3) is 0 Å². The van der Waals surface area contributed by atoms with Crippen molar-refractivity contribution >= 4 is 0 Å². The lowest BCUT2D eigenvalue weighted by molar-refractivity contribution is 0.266. The second-order valence-electron chi connectivity index (χ2n) is 4.24. The van der Waals surface area contributed by atoms with Crippen molar-refractivity contribution in [2.75, 3.05) is 13.1 Å². The molecule has 0 unspecified atom stereocenters. The molecule has 0 amide bonds. The number of hydrogen-bond donors (Lipinski definition) is 0. The molecule has 0 atom stereocenters. The van der Waals surface area contributed by atoms with Crippen LogP contribution >= 0.6 is 0 Å². The zero-order valence-electron chi connectivity index (χ0n) is 10.5. The van der Waals surface area contributed by atoms with E-state index in [1.807, 2.05) is 6.07 Å². The minimum Gasteiger partial charge on any atom is -0.299 e. The summed E-state index contributed by atoms with van der Waals surface area (Å²) in [5.74, 6) is -0.327. The zero-order valence-corrected chi connectivity index (χ0v) is 10.5. The van der Waals surface area contributed by atoms with E-state index in [4.69, 9.17) is 5.26 Å². The minimum absolute atomic E-state index is 0.327. The van der Waals surface area contributed by atoms with Gasteiger partial charge < -0.3 is 0 Å². The summed E-state index contributed by atoms with van der Waals surface area (Å²) < 4.78 is 13.3. The molecule has 17 heavy (non-hydrogen) atoms. The van der Waals surface area contributed by atoms with Crippen LogP contribution in [0.2, 0.25) is 0 Å². The maximum absolute atomic E-state index is 13.3. The first-order chi connectivity index (χ1) is 8.19. The highest BCUT2D eigenvalue weighted by atomic mass is 19.1. The number of hydrogen-bond acceptors (Lipinski definition) is 2. The minimum atomic E-state index is -0.327. The van der Waals surface area contributed by atoms with Gasteiger partial charge >= 0.3 is 0 Å². The lowest BCUT2D eigenvalue weighted by Crippen LogP contribution is -2.24. The van der Waals surface area contributed by atoms with E-state index in [1.165, 1.54) is 12.1 Å². The summed E-state index contributed by atoms with van der Waals surface area (Å²) in [4.78, 5) is 2.29. The fraction of sp³-hybridized carbons (Fsp3) is 0.500. The smallest absolute Gasteiger partial charge is 0.124 e. The van der Waals surface area contributed by atoms with Crippen LogP contribution in [0.1, 0.15) is 37.8 Å². The van der Waals surface area contributed by atoms with Gasteiger partial charge in [0, 0.05) is 6.54 Å². The SMILES string of the molecule is CCCN(CCC)Cc1cc(F)cc(C#N)c1. The number of rotatable bonds is 6. The molecular formula is C14H19FN2. The van der Waals surface area contributed by atoms with Gasteiger partial charge in [0.1, 0.15) is 5.82 Å². The third-order valence-electron chi connectivity index (χ3n) is 2.57. The van der Waals surface area contributed by atoms with E-state index in [9.17, 15) is 4.39 Å². The van der Waals surface area contributed by atoms with Crippen molar-refractivity contribution in [3.05, 3.63) is 35.1 Å². The molecule has 0 aliphatic rings. The van der Waals surface area contributed by atoms with E-state index in [-0.39, 0.29) is 5.82 Å². The third-order valence-corrected chi connectivity index (χ3v) is 2.57. The summed E-state index contributed by atoms with van der Waals surface area (Å²) in [5, 5.41) is 8.80. The van der Waals surface area contributed by atoms with Gasteiger partial charge in [-0.1, -0.05) is 13.8 Å². The maximum Gasteiger partial charge on any atom is 0.124 e. The van der Waals surface area contributed by atoms with Crippen LogP contribution in [0.25, 0.3) is 0 Å². The molecule has 3 heteroatoms. The molecule has 0 fully saturated rings. The Morgan fingerprint density at radius 2 is 1.82 bits per heavy atom. The molecule has 1 aromatic carbocycles. The van der Waals surface area contributed by atoms with Gasteiger partial charge in [-0.3, -0.25) is 4.90 Å². The molecule has 0 spiro atoms. The van der Waals surface area contributed by atoms with Gasteiger partial charge in [-0.2, -0.15) is 5.26 Å². The summed E-state index contributed by atoms with van der Waals surface area (Å²) >= 11 is 0. The number of halogens is 1. The Labute approximate surface area is 103 Å². The molecule has 0 aliphatic carbocycles. The Kier molecular flexibility index (Phi) is 5.65. The van der Waals surface area contributed by atoms with Crippen molar-refractivity contribution in [2.24, 2.45) is 0 Å². The fourth-order valence-electron chi connectivity index (χ4n) is 1.97. The fourth-order valence-corrected chi connectivity index (χ4v) is 1.97. The summed E-state index contributed by atoms with van der Waals surface area (Å²) in [6, 6.07) is 6.54. The topological polar surface area (TPSA) is 27.0 Å². The van der Waals surface area contributed by atoms with Crippen molar-refractivity contribution in [2.45, 2.75) is 33.2 Å². The van der Waals surface area contributed by atoms with Crippen molar-refractivity contribution < 1.29 is 4.39 Å².